The normalized spacial score (nSPS) is 27.7. The molecule has 5 nitrogen and oxygen atoms in total. The third kappa shape index (κ3) is 4.12. The molecule has 5 rings (SSSR count). The van der Waals surface area contributed by atoms with E-state index in [1.165, 1.54) is 38.9 Å². The first-order chi connectivity index (χ1) is 14.3. The number of benzene rings is 1. The van der Waals surface area contributed by atoms with Gasteiger partial charge in [0.15, 0.2) is 5.16 Å². The van der Waals surface area contributed by atoms with Gasteiger partial charge in [-0.25, -0.2) is 0 Å². The molecular formula is C23H32N4OS. The van der Waals surface area contributed by atoms with Crippen LogP contribution in [0.3, 0.4) is 0 Å². The highest BCUT2D eigenvalue weighted by atomic mass is 32.2. The van der Waals surface area contributed by atoms with Crippen molar-refractivity contribution in [2.75, 3.05) is 38.6 Å². The molecular weight excluding hydrogens is 380 g/mol. The summed E-state index contributed by atoms with van der Waals surface area (Å²) in [5.41, 5.74) is 2.13. The Balaban J connectivity index is 1.06. The standard InChI is InChI=1S/C23H32N4OS/c1-26-21(19-8-13-28-14-9-19)24-25-22(26)29-15-5-11-27-12-10-23(17-27)16-20(23)18-6-3-2-4-7-18/h2-4,6-7,19-20H,5,8-17H2,1H3/t20-,23+/m0/s1. The van der Waals surface area contributed by atoms with Crippen LogP contribution in [0.1, 0.15) is 55.3 Å². The summed E-state index contributed by atoms with van der Waals surface area (Å²) in [5.74, 6) is 3.56. The molecule has 0 radical (unpaired) electrons. The second-order valence-electron chi connectivity index (χ2n) is 9.04. The van der Waals surface area contributed by atoms with Gasteiger partial charge in [0.2, 0.25) is 0 Å². The van der Waals surface area contributed by atoms with Crippen LogP contribution in [-0.4, -0.2) is 58.3 Å². The molecule has 29 heavy (non-hydrogen) atoms. The highest BCUT2D eigenvalue weighted by molar-refractivity contribution is 7.99. The summed E-state index contributed by atoms with van der Waals surface area (Å²) in [6.45, 7) is 5.47. The van der Waals surface area contributed by atoms with Crippen molar-refractivity contribution in [2.45, 2.75) is 49.1 Å². The summed E-state index contributed by atoms with van der Waals surface area (Å²) < 4.78 is 7.69. The van der Waals surface area contributed by atoms with Crippen LogP contribution in [0.4, 0.5) is 0 Å². The highest BCUT2D eigenvalue weighted by Crippen LogP contribution is 2.64. The molecule has 0 bridgehead atoms. The third-order valence-electron chi connectivity index (χ3n) is 7.16. The van der Waals surface area contributed by atoms with E-state index in [1.54, 1.807) is 5.56 Å². The minimum absolute atomic E-state index is 0.507. The molecule has 1 aromatic heterocycles. The number of aromatic nitrogens is 3. The topological polar surface area (TPSA) is 43.2 Å². The molecule has 156 valence electrons. The number of ether oxygens (including phenoxy) is 1. The molecule has 0 amide bonds. The Labute approximate surface area is 178 Å². The second-order valence-corrected chi connectivity index (χ2v) is 10.1. The molecule has 6 heteroatoms. The zero-order chi connectivity index (χ0) is 19.7. The molecule has 3 heterocycles. The average Bonchev–Trinajstić information content (AvgIpc) is 3.11. The summed E-state index contributed by atoms with van der Waals surface area (Å²) >= 11 is 1.86. The minimum atomic E-state index is 0.507. The maximum atomic E-state index is 5.48. The number of hydrogen-bond donors (Lipinski definition) is 0. The van der Waals surface area contributed by atoms with Crippen molar-refractivity contribution in [3.05, 3.63) is 41.7 Å². The number of hydrogen-bond acceptors (Lipinski definition) is 5. The van der Waals surface area contributed by atoms with Gasteiger partial charge < -0.3 is 14.2 Å². The lowest BCUT2D eigenvalue weighted by molar-refractivity contribution is 0.0828. The number of rotatable bonds is 7. The molecule has 0 unspecified atom stereocenters. The van der Waals surface area contributed by atoms with Gasteiger partial charge >= 0.3 is 0 Å². The van der Waals surface area contributed by atoms with Crippen molar-refractivity contribution in [3.63, 3.8) is 0 Å². The lowest BCUT2D eigenvalue weighted by Gasteiger charge is -2.21. The smallest absolute Gasteiger partial charge is 0.190 e. The highest BCUT2D eigenvalue weighted by Gasteiger charge is 2.57. The number of likely N-dealkylation sites (tertiary alicyclic amines) is 1. The van der Waals surface area contributed by atoms with Crippen molar-refractivity contribution in [2.24, 2.45) is 12.5 Å². The maximum Gasteiger partial charge on any atom is 0.190 e. The van der Waals surface area contributed by atoms with E-state index < -0.39 is 0 Å². The molecule has 3 aliphatic rings. The predicted molar refractivity (Wildman–Crippen MR) is 116 cm³/mol. The van der Waals surface area contributed by atoms with E-state index in [-0.39, 0.29) is 0 Å². The van der Waals surface area contributed by atoms with E-state index in [0.29, 0.717) is 11.3 Å². The first kappa shape index (κ1) is 19.6. The zero-order valence-corrected chi connectivity index (χ0v) is 18.2. The Morgan fingerprint density at radius 2 is 2.00 bits per heavy atom. The molecule has 2 aliphatic heterocycles. The van der Waals surface area contributed by atoms with Gasteiger partial charge in [-0.3, -0.25) is 0 Å². The fourth-order valence-corrected chi connectivity index (χ4v) is 6.19. The number of nitrogens with zero attached hydrogens (tertiary/aromatic N) is 4. The third-order valence-corrected chi connectivity index (χ3v) is 8.27. The van der Waals surface area contributed by atoms with Gasteiger partial charge in [-0.1, -0.05) is 42.1 Å². The first-order valence-electron chi connectivity index (χ1n) is 11.1. The van der Waals surface area contributed by atoms with Crippen LogP contribution in [0.25, 0.3) is 0 Å². The van der Waals surface area contributed by atoms with Gasteiger partial charge in [-0.2, -0.15) is 0 Å². The summed E-state index contributed by atoms with van der Waals surface area (Å²) in [4.78, 5) is 2.69. The maximum absolute atomic E-state index is 5.48. The Morgan fingerprint density at radius 1 is 1.17 bits per heavy atom. The van der Waals surface area contributed by atoms with E-state index in [9.17, 15) is 0 Å². The van der Waals surface area contributed by atoms with Gasteiger partial charge in [0.25, 0.3) is 0 Å². The summed E-state index contributed by atoms with van der Waals surface area (Å²) in [6.07, 6.45) is 6.11. The van der Waals surface area contributed by atoms with Gasteiger partial charge in [0.05, 0.1) is 0 Å². The molecule has 0 N–H and O–H groups in total. The van der Waals surface area contributed by atoms with Crippen LogP contribution in [0.2, 0.25) is 0 Å². The van der Waals surface area contributed by atoms with Crippen molar-refractivity contribution in [1.29, 1.82) is 0 Å². The van der Waals surface area contributed by atoms with Gasteiger partial charge in [0.1, 0.15) is 5.82 Å². The average molecular weight is 413 g/mol. The molecule has 2 atom stereocenters. The minimum Gasteiger partial charge on any atom is -0.381 e. The molecule has 1 aliphatic carbocycles. The van der Waals surface area contributed by atoms with Crippen LogP contribution in [0.5, 0.6) is 0 Å². The van der Waals surface area contributed by atoms with E-state index >= 15 is 0 Å². The Bertz CT molecular complexity index is 820. The summed E-state index contributed by atoms with van der Waals surface area (Å²) in [5, 5.41) is 10.0. The van der Waals surface area contributed by atoms with Crippen LogP contribution in [0.15, 0.2) is 35.5 Å². The van der Waals surface area contributed by atoms with Crippen molar-refractivity contribution >= 4 is 11.8 Å². The molecule has 3 fully saturated rings. The monoisotopic (exact) mass is 412 g/mol. The Kier molecular flexibility index (Phi) is 5.67. The predicted octanol–water partition coefficient (Wildman–Crippen LogP) is 4.07. The Morgan fingerprint density at radius 3 is 2.83 bits per heavy atom. The van der Waals surface area contributed by atoms with E-state index in [4.69, 9.17) is 4.74 Å². The van der Waals surface area contributed by atoms with E-state index in [1.807, 2.05) is 11.8 Å². The quantitative estimate of drug-likeness (QED) is 0.507. The summed E-state index contributed by atoms with van der Waals surface area (Å²) in [6, 6.07) is 11.1. The SMILES string of the molecule is Cn1c(SCCCN2CC[C@@]3(C[C@H]3c3ccccc3)C2)nnc1C1CCOCC1. The summed E-state index contributed by atoms with van der Waals surface area (Å²) in [7, 11) is 2.12. The first-order valence-corrected chi connectivity index (χ1v) is 12.1. The van der Waals surface area contributed by atoms with Crippen molar-refractivity contribution < 1.29 is 4.74 Å². The van der Waals surface area contributed by atoms with Gasteiger partial charge in [-0.05, 0) is 62.1 Å². The second kappa shape index (κ2) is 8.40. The zero-order valence-electron chi connectivity index (χ0n) is 17.4. The molecule has 1 saturated carbocycles. The Hall–Kier alpha value is -1.37. The van der Waals surface area contributed by atoms with Gasteiger partial charge in [0, 0.05) is 38.5 Å². The number of thioether (sulfide) groups is 1. The van der Waals surface area contributed by atoms with Crippen molar-refractivity contribution in [3.8, 4) is 0 Å². The van der Waals surface area contributed by atoms with Crippen LogP contribution >= 0.6 is 11.8 Å². The largest absolute Gasteiger partial charge is 0.381 e. The van der Waals surface area contributed by atoms with Crippen molar-refractivity contribution in [1.82, 2.24) is 19.7 Å². The molecule has 2 saturated heterocycles. The van der Waals surface area contributed by atoms with E-state index in [2.05, 4.69) is 57.0 Å². The van der Waals surface area contributed by atoms with E-state index in [0.717, 1.165) is 48.7 Å². The fourth-order valence-electron chi connectivity index (χ4n) is 5.35. The molecule has 2 aromatic rings. The van der Waals surface area contributed by atoms with Crippen LogP contribution in [0, 0.1) is 5.41 Å². The van der Waals surface area contributed by atoms with Crippen LogP contribution in [-0.2, 0) is 11.8 Å². The lowest BCUT2D eigenvalue weighted by Crippen LogP contribution is -2.23. The lowest BCUT2D eigenvalue weighted by atomic mass is 9.98. The molecule has 1 aromatic carbocycles. The van der Waals surface area contributed by atoms with Gasteiger partial charge in [-0.15, -0.1) is 10.2 Å². The fraction of sp³-hybridized carbons (Fsp3) is 0.652. The van der Waals surface area contributed by atoms with Crippen LogP contribution < -0.4 is 0 Å². The molecule has 1 spiro atoms.